The number of pyridine rings is 1. The van der Waals surface area contributed by atoms with Crippen LogP contribution in [0.3, 0.4) is 0 Å². The Balaban J connectivity index is 1.33. The van der Waals surface area contributed by atoms with E-state index >= 15 is 0 Å². The monoisotopic (exact) mass is 481 g/mol. The summed E-state index contributed by atoms with van der Waals surface area (Å²) < 4.78 is 7.21. The molecule has 2 N–H and O–H groups in total. The molecule has 2 aliphatic heterocycles. The standard InChI is InChI=1S/C27H23N5O4/c1-31-10-9-17-11-19(13-28-23(17)31)16-3-6-20(7-4-16)27(25(34)29-26(35)30-27)15-32-14-18-5-8-21(36-2)12-22(18)24(32)33/h3-13H,14-15H2,1-2H3,(H2,29,30,34,35). The van der Waals surface area contributed by atoms with Gasteiger partial charge in [-0.25, -0.2) is 9.78 Å². The maximum Gasteiger partial charge on any atom is 0.322 e. The van der Waals surface area contributed by atoms with Crippen molar-refractivity contribution < 1.29 is 19.1 Å². The summed E-state index contributed by atoms with van der Waals surface area (Å²) in [5.41, 5.74) is 3.33. The molecule has 1 atom stereocenters. The molecule has 2 aromatic heterocycles. The van der Waals surface area contributed by atoms with Crippen molar-refractivity contribution in [1.82, 2.24) is 25.1 Å². The van der Waals surface area contributed by atoms with Crippen molar-refractivity contribution in [2.24, 2.45) is 7.05 Å². The third-order valence-electron chi connectivity index (χ3n) is 6.98. The fourth-order valence-corrected chi connectivity index (χ4v) is 5.04. The van der Waals surface area contributed by atoms with Crippen molar-refractivity contribution in [2.75, 3.05) is 13.7 Å². The van der Waals surface area contributed by atoms with Gasteiger partial charge in [0, 0.05) is 42.5 Å². The smallest absolute Gasteiger partial charge is 0.322 e. The lowest BCUT2D eigenvalue weighted by molar-refractivity contribution is -0.124. The van der Waals surface area contributed by atoms with E-state index in [1.807, 2.05) is 60.4 Å². The number of methoxy groups -OCH3 is 1. The minimum atomic E-state index is -1.40. The van der Waals surface area contributed by atoms with Gasteiger partial charge in [0.15, 0.2) is 5.54 Å². The van der Waals surface area contributed by atoms with Gasteiger partial charge < -0.3 is 19.5 Å². The first-order chi connectivity index (χ1) is 17.4. The molecule has 0 radical (unpaired) electrons. The van der Waals surface area contributed by atoms with Crippen molar-refractivity contribution in [3.8, 4) is 16.9 Å². The van der Waals surface area contributed by atoms with Gasteiger partial charge in [0.25, 0.3) is 11.8 Å². The Morgan fingerprint density at radius 3 is 2.56 bits per heavy atom. The molecule has 0 bridgehead atoms. The zero-order chi connectivity index (χ0) is 25.0. The van der Waals surface area contributed by atoms with Crippen LogP contribution in [0.1, 0.15) is 21.5 Å². The zero-order valence-electron chi connectivity index (χ0n) is 19.7. The van der Waals surface area contributed by atoms with E-state index in [0.717, 1.165) is 27.7 Å². The van der Waals surface area contributed by atoms with Crippen LogP contribution in [-0.4, -0.2) is 46.0 Å². The number of aromatic nitrogens is 2. The number of benzene rings is 2. The number of hydrogen-bond acceptors (Lipinski definition) is 5. The van der Waals surface area contributed by atoms with E-state index in [4.69, 9.17) is 4.74 Å². The van der Waals surface area contributed by atoms with Gasteiger partial charge in [-0.1, -0.05) is 30.3 Å². The first-order valence-electron chi connectivity index (χ1n) is 11.5. The molecule has 2 aromatic carbocycles. The second kappa shape index (κ2) is 7.94. The summed E-state index contributed by atoms with van der Waals surface area (Å²) in [5.74, 6) is -0.116. The van der Waals surface area contributed by atoms with Crippen LogP contribution in [0.15, 0.2) is 67.0 Å². The van der Waals surface area contributed by atoms with Crippen molar-refractivity contribution >= 4 is 28.9 Å². The van der Waals surface area contributed by atoms with Crippen LogP contribution in [0.5, 0.6) is 5.75 Å². The van der Waals surface area contributed by atoms with Crippen LogP contribution in [0.2, 0.25) is 0 Å². The van der Waals surface area contributed by atoms with Gasteiger partial charge in [-0.15, -0.1) is 0 Å². The van der Waals surface area contributed by atoms with Gasteiger partial charge in [0.1, 0.15) is 11.4 Å². The molecule has 36 heavy (non-hydrogen) atoms. The Hall–Kier alpha value is -4.66. The lowest BCUT2D eigenvalue weighted by Crippen LogP contribution is -2.52. The lowest BCUT2D eigenvalue weighted by atomic mass is 9.88. The molecule has 4 amide bonds. The average molecular weight is 482 g/mol. The fraction of sp³-hybridized carbons (Fsp3) is 0.185. The molecule has 180 valence electrons. The summed E-state index contributed by atoms with van der Waals surface area (Å²) in [6.45, 7) is 0.335. The number of carbonyl (C=O) groups excluding carboxylic acids is 3. The third kappa shape index (κ3) is 3.31. The van der Waals surface area contributed by atoms with Crippen LogP contribution in [0.25, 0.3) is 22.2 Å². The SMILES string of the molecule is COc1ccc2c(c1)C(=O)N(CC1(c3ccc(-c4cnc5c(ccn5C)c4)cc3)NC(=O)NC1=O)C2. The molecule has 1 unspecified atom stereocenters. The highest BCUT2D eigenvalue weighted by Crippen LogP contribution is 2.33. The van der Waals surface area contributed by atoms with Crippen LogP contribution < -0.4 is 15.4 Å². The second-order valence-electron chi connectivity index (χ2n) is 9.14. The predicted octanol–water partition coefficient (Wildman–Crippen LogP) is 2.94. The summed E-state index contributed by atoms with van der Waals surface area (Å²) in [4.78, 5) is 44.7. The van der Waals surface area contributed by atoms with E-state index in [2.05, 4.69) is 21.7 Å². The normalized spacial score (nSPS) is 18.9. The Labute approximate surface area is 206 Å². The maximum absolute atomic E-state index is 13.2. The van der Waals surface area contributed by atoms with Gasteiger partial charge >= 0.3 is 6.03 Å². The number of nitrogens with zero attached hydrogens (tertiary/aromatic N) is 3. The summed E-state index contributed by atoms with van der Waals surface area (Å²) in [7, 11) is 3.49. The van der Waals surface area contributed by atoms with Crippen LogP contribution >= 0.6 is 0 Å². The first-order valence-corrected chi connectivity index (χ1v) is 11.5. The maximum atomic E-state index is 13.2. The van der Waals surface area contributed by atoms with Gasteiger partial charge in [-0.3, -0.25) is 14.9 Å². The number of nitrogens with one attached hydrogen (secondary N) is 2. The Bertz CT molecular complexity index is 1560. The van der Waals surface area contributed by atoms with E-state index in [-0.39, 0.29) is 12.5 Å². The molecular weight excluding hydrogens is 458 g/mol. The molecule has 4 heterocycles. The van der Waals surface area contributed by atoms with Crippen LogP contribution in [-0.2, 0) is 23.9 Å². The molecule has 0 spiro atoms. The summed E-state index contributed by atoms with van der Waals surface area (Å²) in [6, 6.07) is 16.2. The van der Waals surface area contributed by atoms with E-state index in [1.165, 1.54) is 0 Å². The fourth-order valence-electron chi connectivity index (χ4n) is 5.04. The molecule has 1 saturated heterocycles. The molecule has 0 aliphatic carbocycles. The summed E-state index contributed by atoms with van der Waals surface area (Å²) in [5, 5.41) is 6.16. The Kier molecular flexibility index (Phi) is 4.82. The summed E-state index contributed by atoms with van der Waals surface area (Å²) >= 11 is 0. The van der Waals surface area contributed by atoms with Gasteiger partial charge in [-0.2, -0.15) is 0 Å². The quantitative estimate of drug-likeness (QED) is 0.427. The highest BCUT2D eigenvalue weighted by atomic mass is 16.5. The zero-order valence-corrected chi connectivity index (χ0v) is 19.7. The van der Waals surface area contributed by atoms with E-state index in [0.29, 0.717) is 23.4 Å². The van der Waals surface area contributed by atoms with E-state index < -0.39 is 17.5 Å². The molecule has 9 nitrogen and oxygen atoms in total. The topological polar surface area (TPSA) is 106 Å². The lowest BCUT2D eigenvalue weighted by Gasteiger charge is -2.31. The molecule has 9 heteroatoms. The molecule has 0 saturated carbocycles. The number of imide groups is 1. The predicted molar refractivity (Wildman–Crippen MR) is 132 cm³/mol. The number of hydrogen-bond donors (Lipinski definition) is 2. The van der Waals surface area contributed by atoms with Gasteiger partial charge in [-0.05, 0) is 41.0 Å². The number of amides is 4. The highest BCUT2D eigenvalue weighted by molar-refractivity contribution is 6.08. The summed E-state index contributed by atoms with van der Waals surface area (Å²) in [6.07, 6.45) is 3.77. The van der Waals surface area contributed by atoms with Crippen molar-refractivity contribution in [2.45, 2.75) is 12.1 Å². The number of fused-ring (bicyclic) bond motifs is 2. The van der Waals surface area contributed by atoms with Crippen molar-refractivity contribution in [3.63, 3.8) is 0 Å². The van der Waals surface area contributed by atoms with Crippen LogP contribution in [0, 0.1) is 0 Å². The first kappa shape index (κ1) is 21.8. The Morgan fingerprint density at radius 2 is 1.83 bits per heavy atom. The molecule has 1 fully saturated rings. The average Bonchev–Trinajstić information content (AvgIpc) is 3.51. The van der Waals surface area contributed by atoms with E-state index in [9.17, 15) is 14.4 Å². The third-order valence-corrected chi connectivity index (χ3v) is 6.98. The number of urea groups is 1. The Morgan fingerprint density at radius 1 is 1.03 bits per heavy atom. The highest BCUT2D eigenvalue weighted by Gasteiger charge is 2.50. The number of aryl methyl sites for hydroxylation is 1. The van der Waals surface area contributed by atoms with Crippen molar-refractivity contribution in [3.05, 3.63) is 83.7 Å². The number of carbonyl (C=O) groups is 3. The largest absolute Gasteiger partial charge is 0.497 e. The van der Waals surface area contributed by atoms with Gasteiger partial charge in [0.2, 0.25) is 0 Å². The minimum absolute atomic E-state index is 0.00270. The van der Waals surface area contributed by atoms with Crippen molar-refractivity contribution in [1.29, 1.82) is 0 Å². The number of rotatable bonds is 5. The molecule has 4 aromatic rings. The number of ether oxygens (including phenoxy) is 1. The minimum Gasteiger partial charge on any atom is -0.497 e. The van der Waals surface area contributed by atoms with E-state index in [1.54, 1.807) is 24.1 Å². The molecule has 2 aliphatic rings. The molecule has 6 rings (SSSR count). The van der Waals surface area contributed by atoms with Gasteiger partial charge in [0.05, 0.1) is 13.7 Å². The molecular formula is C27H23N5O4. The van der Waals surface area contributed by atoms with Crippen LogP contribution in [0.4, 0.5) is 4.79 Å². The second-order valence-corrected chi connectivity index (χ2v) is 9.14.